The number of nitrogens with one attached hydrogen (secondary N) is 1. The molecule has 4 rings (SSSR count). The van der Waals surface area contributed by atoms with Crippen LogP contribution in [0.15, 0.2) is 41.3 Å². The van der Waals surface area contributed by atoms with Crippen LogP contribution >= 0.6 is 11.6 Å². The van der Waals surface area contributed by atoms with Crippen LogP contribution in [0, 0.1) is 15.9 Å². The minimum atomic E-state index is -1.24. The standard InChI is InChI=1S/C22H19ClFN3O5/c1-2-32-22(29)14-11-26(13-8-9-13)19-15(21(14)28)18(20(27(30)31)17(24)16(19)23)25-10-12-6-4-3-5-7-12/h3-7,11,13,25H,2,8-10H2,1H3. The number of nitro groups is 1. The predicted molar refractivity (Wildman–Crippen MR) is 118 cm³/mol. The molecule has 0 radical (unpaired) electrons. The van der Waals surface area contributed by atoms with Crippen LogP contribution in [0.4, 0.5) is 15.8 Å². The number of carbonyl (C=O) groups excluding carboxylic acids is 1. The highest BCUT2D eigenvalue weighted by Crippen LogP contribution is 2.44. The molecular weight excluding hydrogens is 441 g/mol. The first-order valence-corrected chi connectivity index (χ1v) is 10.4. The summed E-state index contributed by atoms with van der Waals surface area (Å²) in [4.78, 5) is 36.7. The summed E-state index contributed by atoms with van der Waals surface area (Å²) in [7, 11) is 0. The van der Waals surface area contributed by atoms with E-state index in [2.05, 4.69) is 5.32 Å². The first-order chi connectivity index (χ1) is 15.3. The third-order valence-electron chi connectivity index (χ3n) is 5.26. The normalized spacial score (nSPS) is 13.2. The van der Waals surface area contributed by atoms with Gasteiger partial charge in [-0.05, 0) is 25.3 Å². The lowest BCUT2D eigenvalue weighted by Crippen LogP contribution is -2.23. The van der Waals surface area contributed by atoms with E-state index in [0.717, 1.165) is 18.4 Å². The van der Waals surface area contributed by atoms with Gasteiger partial charge in [0, 0.05) is 18.8 Å². The van der Waals surface area contributed by atoms with Crippen molar-refractivity contribution in [3.63, 3.8) is 0 Å². The number of benzene rings is 2. The molecule has 8 nitrogen and oxygen atoms in total. The Labute approximate surface area is 186 Å². The number of halogens is 2. The van der Waals surface area contributed by atoms with Crippen LogP contribution in [0.2, 0.25) is 5.02 Å². The smallest absolute Gasteiger partial charge is 0.343 e. The van der Waals surface area contributed by atoms with Gasteiger partial charge in [0.2, 0.25) is 11.2 Å². The third kappa shape index (κ3) is 3.80. The fourth-order valence-corrected chi connectivity index (χ4v) is 3.93. The second-order valence-corrected chi connectivity index (χ2v) is 7.78. The van der Waals surface area contributed by atoms with E-state index in [1.165, 1.54) is 6.20 Å². The van der Waals surface area contributed by atoms with Gasteiger partial charge >= 0.3 is 11.7 Å². The van der Waals surface area contributed by atoms with Gasteiger partial charge in [-0.15, -0.1) is 0 Å². The van der Waals surface area contributed by atoms with Crippen LogP contribution in [0.1, 0.15) is 41.7 Å². The zero-order valence-corrected chi connectivity index (χ0v) is 17.8. The molecule has 0 amide bonds. The molecule has 1 saturated carbocycles. The number of rotatable bonds is 7. The number of hydrogen-bond donors (Lipinski definition) is 1. The Morgan fingerprint density at radius 2 is 2.03 bits per heavy atom. The molecule has 0 unspecified atom stereocenters. The number of anilines is 1. The molecule has 10 heteroatoms. The highest BCUT2D eigenvalue weighted by molar-refractivity contribution is 6.36. The summed E-state index contributed by atoms with van der Waals surface area (Å²) in [5.41, 5.74) is -1.58. The van der Waals surface area contributed by atoms with Crippen molar-refractivity contribution in [1.82, 2.24) is 4.57 Å². The Bertz CT molecular complexity index is 1290. The molecular formula is C22H19ClFN3O5. The third-order valence-corrected chi connectivity index (χ3v) is 5.61. The van der Waals surface area contributed by atoms with Gasteiger partial charge in [0.25, 0.3) is 0 Å². The van der Waals surface area contributed by atoms with Crippen LogP contribution < -0.4 is 10.7 Å². The maximum absolute atomic E-state index is 15.1. The molecule has 0 atom stereocenters. The summed E-state index contributed by atoms with van der Waals surface area (Å²) in [6.45, 7) is 1.73. The van der Waals surface area contributed by atoms with E-state index in [1.54, 1.807) is 35.8 Å². The minimum absolute atomic E-state index is 0.0193. The lowest BCUT2D eigenvalue weighted by molar-refractivity contribution is -0.386. The fraction of sp³-hybridized carbons (Fsp3) is 0.273. The number of nitrogens with zero attached hydrogens (tertiary/aromatic N) is 2. The predicted octanol–water partition coefficient (Wildman–Crippen LogP) is 4.83. The Hall–Kier alpha value is -3.46. The Morgan fingerprint density at radius 3 is 2.62 bits per heavy atom. The monoisotopic (exact) mass is 459 g/mol. The molecule has 1 aliphatic rings. The van der Waals surface area contributed by atoms with Crippen molar-refractivity contribution in [2.45, 2.75) is 32.4 Å². The van der Waals surface area contributed by atoms with E-state index in [9.17, 15) is 19.7 Å². The summed E-state index contributed by atoms with van der Waals surface area (Å²) in [5.74, 6) is -2.09. The van der Waals surface area contributed by atoms with Crippen LogP contribution in [-0.2, 0) is 11.3 Å². The average Bonchev–Trinajstić information content (AvgIpc) is 3.61. The van der Waals surface area contributed by atoms with Crippen molar-refractivity contribution in [3.05, 3.63) is 78.8 Å². The number of nitro benzene ring substituents is 1. The van der Waals surface area contributed by atoms with Gasteiger partial charge in [-0.1, -0.05) is 41.9 Å². The van der Waals surface area contributed by atoms with E-state index >= 15 is 4.39 Å². The Morgan fingerprint density at radius 1 is 1.34 bits per heavy atom. The van der Waals surface area contributed by atoms with E-state index in [-0.39, 0.29) is 41.3 Å². The zero-order valence-electron chi connectivity index (χ0n) is 17.1. The van der Waals surface area contributed by atoms with Crippen molar-refractivity contribution in [2.75, 3.05) is 11.9 Å². The van der Waals surface area contributed by atoms with E-state index in [1.807, 2.05) is 6.07 Å². The van der Waals surface area contributed by atoms with Crippen LogP contribution in [0.3, 0.4) is 0 Å². The van der Waals surface area contributed by atoms with Crippen LogP contribution in [0.5, 0.6) is 0 Å². The molecule has 0 bridgehead atoms. The first kappa shape index (κ1) is 21.8. The fourth-order valence-electron chi connectivity index (χ4n) is 3.65. The van der Waals surface area contributed by atoms with Crippen LogP contribution in [0.25, 0.3) is 10.9 Å². The zero-order chi connectivity index (χ0) is 23.0. The molecule has 1 aromatic heterocycles. The van der Waals surface area contributed by atoms with Gasteiger partial charge in [-0.25, -0.2) is 4.79 Å². The summed E-state index contributed by atoms with van der Waals surface area (Å²) in [6.07, 6.45) is 2.78. The summed E-state index contributed by atoms with van der Waals surface area (Å²) >= 11 is 6.22. The Balaban J connectivity index is 2.04. The number of pyridine rings is 1. The lowest BCUT2D eigenvalue weighted by Gasteiger charge is -2.18. The van der Waals surface area contributed by atoms with Gasteiger partial charge < -0.3 is 14.6 Å². The van der Waals surface area contributed by atoms with Crippen molar-refractivity contribution in [2.24, 2.45) is 0 Å². The van der Waals surface area contributed by atoms with E-state index in [4.69, 9.17) is 16.3 Å². The quantitative estimate of drug-likeness (QED) is 0.308. The second-order valence-electron chi connectivity index (χ2n) is 7.40. The van der Waals surface area contributed by atoms with Gasteiger partial charge in [0.1, 0.15) is 16.3 Å². The number of aromatic nitrogens is 1. The Kier molecular flexibility index (Phi) is 5.84. The van der Waals surface area contributed by atoms with Crippen LogP contribution in [-0.4, -0.2) is 22.1 Å². The molecule has 0 aliphatic heterocycles. The largest absolute Gasteiger partial charge is 0.462 e. The molecule has 32 heavy (non-hydrogen) atoms. The number of fused-ring (bicyclic) bond motifs is 1. The van der Waals surface area contributed by atoms with E-state index < -0.39 is 32.8 Å². The molecule has 0 spiro atoms. The number of carbonyl (C=O) groups is 1. The highest BCUT2D eigenvalue weighted by Gasteiger charge is 2.35. The molecule has 1 aliphatic carbocycles. The molecule has 166 valence electrons. The van der Waals surface area contributed by atoms with Crippen molar-refractivity contribution in [3.8, 4) is 0 Å². The molecule has 1 heterocycles. The average molecular weight is 460 g/mol. The van der Waals surface area contributed by atoms with Gasteiger partial charge in [0.15, 0.2) is 0 Å². The molecule has 3 aromatic rings. The maximum atomic E-state index is 15.1. The van der Waals surface area contributed by atoms with Gasteiger partial charge in [-0.3, -0.25) is 14.9 Å². The highest BCUT2D eigenvalue weighted by atomic mass is 35.5. The molecule has 2 aromatic carbocycles. The van der Waals surface area contributed by atoms with E-state index in [0.29, 0.717) is 0 Å². The van der Waals surface area contributed by atoms with Crippen molar-refractivity contribution >= 4 is 39.8 Å². The summed E-state index contributed by atoms with van der Waals surface area (Å²) in [6, 6.07) is 8.82. The SMILES string of the molecule is CCOC(=O)c1cn(C2CC2)c2c(Cl)c(F)c([N+](=O)[O-])c(NCc3ccccc3)c2c1=O. The minimum Gasteiger partial charge on any atom is -0.462 e. The van der Waals surface area contributed by atoms with Gasteiger partial charge in [-0.2, -0.15) is 4.39 Å². The van der Waals surface area contributed by atoms with Crippen molar-refractivity contribution < 1.29 is 18.8 Å². The number of esters is 1. The maximum Gasteiger partial charge on any atom is 0.343 e. The first-order valence-electron chi connectivity index (χ1n) is 10.0. The summed E-state index contributed by atoms with van der Waals surface area (Å²) < 4.78 is 21.7. The van der Waals surface area contributed by atoms with Crippen molar-refractivity contribution in [1.29, 1.82) is 0 Å². The lowest BCUT2D eigenvalue weighted by atomic mass is 10.1. The number of hydrogen-bond acceptors (Lipinski definition) is 6. The second kappa shape index (κ2) is 8.58. The number of ether oxygens (including phenoxy) is 1. The molecule has 1 fully saturated rings. The van der Waals surface area contributed by atoms with Gasteiger partial charge in [0.05, 0.1) is 22.4 Å². The summed E-state index contributed by atoms with van der Waals surface area (Å²) in [5, 5.41) is 13.9. The molecule has 0 saturated heterocycles. The topological polar surface area (TPSA) is 103 Å². The molecule has 1 N–H and O–H groups in total.